The van der Waals surface area contributed by atoms with Crippen molar-refractivity contribution in [2.45, 2.75) is 58.7 Å². The zero-order valence-corrected chi connectivity index (χ0v) is 11.2. The average Bonchev–Trinajstić information content (AvgIpc) is 2.73. The molecule has 0 saturated heterocycles. The van der Waals surface area contributed by atoms with Gasteiger partial charge < -0.3 is 4.57 Å². The second-order valence-corrected chi connectivity index (χ2v) is 4.88. The predicted octanol–water partition coefficient (Wildman–Crippen LogP) is 2.12. The minimum absolute atomic E-state index is 0.313. The van der Waals surface area contributed by atoms with Gasteiger partial charge in [0.2, 0.25) is 0 Å². The van der Waals surface area contributed by atoms with E-state index in [-0.39, 0.29) is 0 Å². The maximum atomic E-state index is 9.25. The van der Waals surface area contributed by atoms with Gasteiger partial charge in [0.15, 0.2) is 0 Å². The Morgan fingerprint density at radius 1 is 1.59 bits per heavy atom. The Labute approximate surface area is 104 Å². The number of imidazole rings is 1. The molecule has 0 aromatic carbocycles. The lowest BCUT2D eigenvalue weighted by atomic mass is 9.98. The Hall–Kier alpha value is -1.34. The summed E-state index contributed by atoms with van der Waals surface area (Å²) in [5.74, 6) is 1.08. The van der Waals surface area contributed by atoms with E-state index in [4.69, 9.17) is 0 Å². The third-order valence-corrected chi connectivity index (χ3v) is 2.82. The molecule has 0 bridgehead atoms. The van der Waals surface area contributed by atoms with Crippen LogP contribution in [0.3, 0.4) is 0 Å². The minimum atomic E-state index is -0.469. The van der Waals surface area contributed by atoms with Crippen LogP contribution in [0.2, 0.25) is 0 Å². The van der Waals surface area contributed by atoms with Gasteiger partial charge in [-0.2, -0.15) is 5.26 Å². The first-order valence-corrected chi connectivity index (χ1v) is 6.19. The molecule has 1 aromatic heterocycles. The molecule has 0 spiro atoms. The summed E-state index contributed by atoms with van der Waals surface area (Å²) < 4.78 is 2.12. The molecule has 1 atom stereocenters. The van der Waals surface area contributed by atoms with Crippen molar-refractivity contribution in [3.8, 4) is 6.07 Å². The van der Waals surface area contributed by atoms with Crippen LogP contribution in [-0.4, -0.2) is 21.1 Å². The van der Waals surface area contributed by atoms with Crippen LogP contribution < -0.4 is 5.32 Å². The molecule has 1 unspecified atom stereocenters. The highest BCUT2D eigenvalue weighted by Crippen LogP contribution is 2.12. The number of hydrogen-bond donors (Lipinski definition) is 1. The van der Waals surface area contributed by atoms with Crippen molar-refractivity contribution in [3.05, 3.63) is 18.2 Å². The Morgan fingerprint density at radius 3 is 2.82 bits per heavy atom. The van der Waals surface area contributed by atoms with Gasteiger partial charge in [0.05, 0.1) is 6.07 Å². The number of hydrogen-bond acceptors (Lipinski definition) is 3. The van der Waals surface area contributed by atoms with Gasteiger partial charge in [0.1, 0.15) is 11.4 Å². The maximum absolute atomic E-state index is 9.25. The standard InChI is InChI=1S/C13H22N4/c1-5-12-15-7-9-17(12)8-6-13(4,10-14)16-11(2)3/h7,9,11,16H,5-6,8H2,1-4H3. The Morgan fingerprint density at radius 2 is 2.29 bits per heavy atom. The van der Waals surface area contributed by atoms with Gasteiger partial charge in [-0.3, -0.25) is 5.32 Å². The van der Waals surface area contributed by atoms with E-state index in [2.05, 4.69) is 41.7 Å². The van der Waals surface area contributed by atoms with Gasteiger partial charge in [-0.05, 0) is 27.2 Å². The molecule has 0 amide bonds. The van der Waals surface area contributed by atoms with Crippen molar-refractivity contribution in [1.29, 1.82) is 5.26 Å². The summed E-state index contributed by atoms with van der Waals surface area (Å²) in [6.45, 7) is 8.99. The molecule has 17 heavy (non-hydrogen) atoms. The molecular weight excluding hydrogens is 212 g/mol. The van der Waals surface area contributed by atoms with E-state index in [0.29, 0.717) is 6.04 Å². The lowest BCUT2D eigenvalue weighted by molar-refractivity contribution is 0.360. The van der Waals surface area contributed by atoms with E-state index in [1.165, 1.54) is 0 Å². The summed E-state index contributed by atoms with van der Waals surface area (Å²) in [5.41, 5.74) is -0.469. The fraction of sp³-hybridized carbons (Fsp3) is 0.692. The summed E-state index contributed by atoms with van der Waals surface area (Å²) in [7, 11) is 0. The monoisotopic (exact) mass is 234 g/mol. The van der Waals surface area contributed by atoms with Crippen molar-refractivity contribution in [2.24, 2.45) is 0 Å². The number of aromatic nitrogens is 2. The smallest absolute Gasteiger partial charge is 0.108 e. The van der Waals surface area contributed by atoms with Gasteiger partial charge in [0, 0.05) is 31.4 Å². The average molecular weight is 234 g/mol. The quantitative estimate of drug-likeness (QED) is 0.820. The zero-order chi connectivity index (χ0) is 12.9. The summed E-state index contributed by atoms with van der Waals surface area (Å²) in [5, 5.41) is 12.6. The van der Waals surface area contributed by atoms with Crippen LogP contribution in [-0.2, 0) is 13.0 Å². The van der Waals surface area contributed by atoms with Crippen LogP contribution in [0.4, 0.5) is 0 Å². The molecular formula is C13H22N4. The number of nitriles is 1. The van der Waals surface area contributed by atoms with Crippen LogP contribution >= 0.6 is 0 Å². The molecule has 0 saturated carbocycles. The lowest BCUT2D eigenvalue weighted by Crippen LogP contribution is -2.45. The van der Waals surface area contributed by atoms with Gasteiger partial charge in [0.25, 0.3) is 0 Å². The lowest BCUT2D eigenvalue weighted by Gasteiger charge is -2.26. The molecule has 0 aliphatic rings. The normalized spacial score (nSPS) is 14.6. The van der Waals surface area contributed by atoms with E-state index in [1.807, 2.05) is 19.3 Å². The van der Waals surface area contributed by atoms with Gasteiger partial charge in [-0.15, -0.1) is 0 Å². The van der Waals surface area contributed by atoms with Crippen molar-refractivity contribution >= 4 is 0 Å². The molecule has 0 fully saturated rings. The second kappa shape index (κ2) is 5.83. The number of aryl methyl sites for hydroxylation is 2. The van der Waals surface area contributed by atoms with Crippen molar-refractivity contribution in [2.75, 3.05) is 0 Å². The van der Waals surface area contributed by atoms with Crippen LogP contribution in [0, 0.1) is 11.3 Å². The molecule has 0 aliphatic heterocycles. The highest BCUT2D eigenvalue weighted by molar-refractivity contribution is 5.05. The van der Waals surface area contributed by atoms with Gasteiger partial charge >= 0.3 is 0 Å². The van der Waals surface area contributed by atoms with E-state index in [9.17, 15) is 5.26 Å². The van der Waals surface area contributed by atoms with E-state index in [1.54, 1.807) is 0 Å². The van der Waals surface area contributed by atoms with Gasteiger partial charge in [-0.1, -0.05) is 6.92 Å². The molecule has 1 heterocycles. The first kappa shape index (κ1) is 13.7. The molecule has 1 rings (SSSR count). The third kappa shape index (κ3) is 3.86. The Kier molecular flexibility index (Phi) is 4.71. The first-order chi connectivity index (χ1) is 8.00. The van der Waals surface area contributed by atoms with E-state index >= 15 is 0 Å². The highest BCUT2D eigenvalue weighted by Gasteiger charge is 2.24. The first-order valence-electron chi connectivity index (χ1n) is 6.19. The van der Waals surface area contributed by atoms with Crippen LogP contribution in [0.1, 0.15) is 39.9 Å². The third-order valence-electron chi connectivity index (χ3n) is 2.82. The molecule has 94 valence electrons. The fourth-order valence-electron chi connectivity index (χ4n) is 2.00. The minimum Gasteiger partial charge on any atom is -0.335 e. The summed E-state index contributed by atoms with van der Waals surface area (Å²) >= 11 is 0. The molecule has 4 nitrogen and oxygen atoms in total. The number of nitrogens with one attached hydrogen (secondary N) is 1. The zero-order valence-electron chi connectivity index (χ0n) is 11.2. The summed E-state index contributed by atoms with van der Waals surface area (Å²) in [6, 6.07) is 2.68. The summed E-state index contributed by atoms with van der Waals surface area (Å²) in [4.78, 5) is 4.28. The predicted molar refractivity (Wildman–Crippen MR) is 68.5 cm³/mol. The van der Waals surface area contributed by atoms with Gasteiger partial charge in [-0.25, -0.2) is 4.98 Å². The van der Waals surface area contributed by atoms with Crippen molar-refractivity contribution < 1.29 is 0 Å². The largest absolute Gasteiger partial charge is 0.335 e. The molecule has 1 N–H and O–H groups in total. The van der Waals surface area contributed by atoms with Crippen molar-refractivity contribution in [1.82, 2.24) is 14.9 Å². The summed E-state index contributed by atoms with van der Waals surface area (Å²) in [6.07, 6.45) is 5.50. The maximum Gasteiger partial charge on any atom is 0.108 e. The number of nitrogens with zero attached hydrogens (tertiary/aromatic N) is 3. The molecule has 4 heteroatoms. The number of rotatable bonds is 6. The fourth-order valence-corrected chi connectivity index (χ4v) is 2.00. The molecule has 0 radical (unpaired) electrons. The Balaban J connectivity index is 2.62. The second-order valence-electron chi connectivity index (χ2n) is 4.88. The highest BCUT2D eigenvalue weighted by atomic mass is 15.1. The molecule has 0 aliphatic carbocycles. The Bertz CT molecular complexity index is 388. The van der Waals surface area contributed by atoms with E-state index < -0.39 is 5.54 Å². The topological polar surface area (TPSA) is 53.6 Å². The van der Waals surface area contributed by atoms with Crippen LogP contribution in [0.25, 0.3) is 0 Å². The van der Waals surface area contributed by atoms with Crippen LogP contribution in [0.5, 0.6) is 0 Å². The SMILES string of the molecule is CCc1nccn1CCC(C)(C#N)NC(C)C. The van der Waals surface area contributed by atoms with Crippen molar-refractivity contribution in [3.63, 3.8) is 0 Å². The molecule has 1 aromatic rings. The van der Waals surface area contributed by atoms with Crippen LogP contribution in [0.15, 0.2) is 12.4 Å². The van der Waals surface area contributed by atoms with E-state index in [0.717, 1.165) is 25.2 Å².